The number of rotatable bonds is 8. The summed E-state index contributed by atoms with van der Waals surface area (Å²) in [6, 6.07) is 2.95. The van der Waals surface area contributed by atoms with Crippen LogP contribution in [0.1, 0.15) is 10.4 Å². The van der Waals surface area contributed by atoms with E-state index in [1.165, 1.54) is 18.5 Å². The molecule has 0 bridgehead atoms. The number of nitrogens with zero attached hydrogens (tertiary/aromatic N) is 5. The van der Waals surface area contributed by atoms with Gasteiger partial charge in [-0.05, 0) is 0 Å². The first-order chi connectivity index (χ1) is 18.5. The molecular formula is C23H23N9O6. The molecule has 0 spiro atoms. The van der Waals surface area contributed by atoms with Crippen molar-refractivity contribution in [1.82, 2.24) is 19.5 Å². The van der Waals surface area contributed by atoms with Gasteiger partial charge in [-0.3, -0.25) is 14.0 Å². The molecule has 1 amide bonds. The minimum atomic E-state index is -0.733. The SMILES string of the molecule is NCCNc1nc(Nc2cc(-c3coc4c(=O)cc(N5CCOCC5)oc34)on2)c(C(N)=O)c2nccn12. The number of ether oxygens (including phenoxy) is 1. The lowest BCUT2D eigenvalue weighted by Gasteiger charge is -2.26. The van der Waals surface area contributed by atoms with E-state index in [1.807, 2.05) is 4.90 Å². The van der Waals surface area contributed by atoms with E-state index >= 15 is 0 Å². The Kier molecular flexibility index (Phi) is 5.89. The number of primary amides is 1. The molecule has 6 heterocycles. The van der Waals surface area contributed by atoms with Crippen molar-refractivity contribution in [2.75, 3.05) is 54.9 Å². The van der Waals surface area contributed by atoms with Gasteiger partial charge in [-0.15, -0.1) is 0 Å². The number of anilines is 4. The molecule has 1 fully saturated rings. The summed E-state index contributed by atoms with van der Waals surface area (Å²) in [6.45, 7) is 3.06. The molecule has 0 aromatic carbocycles. The monoisotopic (exact) mass is 521 g/mol. The number of furan rings is 1. The number of morpholine rings is 1. The number of aromatic nitrogens is 4. The zero-order chi connectivity index (χ0) is 26.2. The lowest BCUT2D eigenvalue weighted by atomic mass is 10.2. The topological polar surface area (TPSA) is 205 Å². The number of nitrogens with one attached hydrogen (secondary N) is 2. The summed E-state index contributed by atoms with van der Waals surface area (Å²) >= 11 is 0. The highest BCUT2D eigenvalue weighted by Gasteiger charge is 2.24. The average molecular weight is 521 g/mol. The van der Waals surface area contributed by atoms with E-state index in [0.717, 1.165) is 0 Å². The fourth-order valence-corrected chi connectivity index (χ4v) is 4.23. The van der Waals surface area contributed by atoms with Gasteiger partial charge in [0.2, 0.25) is 17.0 Å². The maximum Gasteiger partial charge on any atom is 0.256 e. The van der Waals surface area contributed by atoms with Crippen LogP contribution in [0.15, 0.2) is 48.9 Å². The smallest absolute Gasteiger partial charge is 0.256 e. The summed E-state index contributed by atoms with van der Waals surface area (Å²) in [4.78, 5) is 35.7. The first-order valence-corrected chi connectivity index (χ1v) is 11.8. The largest absolute Gasteiger partial charge is 0.456 e. The first kappa shape index (κ1) is 23.5. The predicted molar refractivity (Wildman–Crippen MR) is 136 cm³/mol. The summed E-state index contributed by atoms with van der Waals surface area (Å²) in [6.07, 6.45) is 4.54. The van der Waals surface area contributed by atoms with Crippen LogP contribution in [-0.4, -0.2) is 64.8 Å². The molecular weight excluding hydrogens is 498 g/mol. The Bertz CT molecular complexity index is 1690. The predicted octanol–water partition coefficient (Wildman–Crippen LogP) is 1.13. The van der Waals surface area contributed by atoms with Gasteiger partial charge in [0.15, 0.2) is 34.5 Å². The highest BCUT2D eigenvalue weighted by Crippen LogP contribution is 2.34. The summed E-state index contributed by atoms with van der Waals surface area (Å²) in [5.41, 5.74) is 12.0. The minimum Gasteiger partial charge on any atom is -0.456 e. The highest BCUT2D eigenvalue weighted by molar-refractivity contribution is 6.04. The standard InChI is InChI=1S/C23H23N9O6/c24-1-2-27-23-29-21(17(20(25)34)22-26-3-4-32(22)23)28-15-10-14(38-30-15)12-11-36-19-13(33)9-16(37-18(12)19)31-5-7-35-8-6-31/h3-4,9-11H,1-2,5-8,24H2,(H2,25,34)(H,27,29)(H,28,30). The maximum absolute atomic E-state index is 12.7. The quantitative estimate of drug-likeness (QED) is 0.226. The van der Waals surface area contributed by atoms with Gasteiger partial charge in [-0.1, -0.05) is 5.16 Å². The van der Waals surface area contributed by atoms with E-state index in [2.05, 4.69) is 25.8 Å². The van der Waals surface area contributed by atoms with E-state index in [4.69, 9.17) is 29.6 Å². The molecule has 0 radical (unpaired) electrons. The second kappa shape index (κ2) is 9.53. The van der Waals surface area contributed by atoms with E-state index in [0.29, 0.717) is 62.4 Å². The van der Waals surface area contributed by atoms with Crippen molar-refractivity contribution >= 4 is 46.2 Å². The lowest BCUT2D eigenvalue weighted by molar-refractivity contribution is 0.100. The molecule has 15 heteroatoms. The van der Waals surface area contributed by atoms with Gasteiger partial charge >= 0.3 is 0 Å². The molecule has 196 valence electrons. The third-order valence-corrected chi connectivity index (χ3v) is 6.00. The van der Waals surface area contributed by atoms with Crippen LogP contribution in [0, 0.1) is 0 Å². The molecule has 15 nitrogen and oxygen atoms in total. The molecule has 5 aromatic heterocycles. The second-order valence-electron chi connectivity index (χ2n) is 8.42. The second-order valence-corrected chi connectivity index (χ2v) is 8.42. The number of nitrogens with two attached hydrogens (primary N) is 2. The van der Waals surface area contributed by atoms with Crippen molar-refractivity contribution in [3.05, 3.63) is 46.6 Å². The van der Waals surface area contributed by atoms with E-state index in [1.54, 1.807) is 16.7 Å². The lowest BCUT2D eigenvalue weighted by Crippen LogP contribution is -2.36. The van der Waals surface area contributed by atoms with Gasteiger partial charge in [0.1, 0.15) is 17.4 Å². The van der Waals surface area contributed by atoms with Gasteiger partial charge in [-0.25, -0.2) is 4.98 Å². The van der Waals surface area contributed by atoms with Gasteiger partial charge in [0.05, 0.1) is 19.3 Å². The van der Waals surface area contributed by atoms with Crippen LogP contribution in [0.3, 0.4) is 0 Å². The Morgan fingerprint density at radius 1 is 1.18 bits per heavy atom. The van der Waals surface area contributed by atoms with Crippen molar-refractivity contribution < 1.29 is 22.9 Å². The molecule has 1 aliphatic rings. The fraction of sp³-hybridized carbons (Fsp3) is 0.261. The van der Waals surface area contributed by atoms with Crippen LogP contribution in [0.2, 0.25) is 0 Å². The minimum absolute atomic E-state index is 0.0565. The molecule has 0 unspecified atom stereocenters. The van der Waals surface area contributed by atoms with Gasteiger partial charge in [-0.2, -0.15) is 4.98 Å². The Morgan fingerprint density at radius 2 is 2.03 bits per heavy atom. The number of hydrogen-bond donors (Lipinski definition) is 4. The third kappa shape index (κ3) is 4.08. The molecule has 5 aromatic rings. The van der Waals surface area contributed by atoms with Gasteiger partial charge in [0.25, 0.3) is 5.91 Å². The van der Waals surface area contributed by atoms with Crippen LogP contribution in [-0.2, 0) is 4.74 Å². The van der Waals surface area contributed by atoms with Crippen LogP contribution in [0.25, 0.3) is 28.1 Å². The van der Waals surface area contributed by atoms with Crippen LogP contribution < -0.4 is 32.4 Å². The highest BCUT2D eigenvalue weighted by atomic mass is 16.5. The van der Waals surface area contributed by atoms with Crippen LogP contribution in [0.5, 0.6) is 0 Å². The summed E-state index contributed by atoms with van der Waals surface area (Å²) in [5, 5.41) is 10.1. The molecule has 0 atom stereocenters. The summed E-state index contributed by atoms with van der Waals surface area (Å²) in [5.74, 6) is 0.677. The van der Waals surface area contributed by atoms with E-state index < -0.39 is 5.91 Å². The third-order valence-electron chi connectivity index (χ3n) is 6.00. The zero-order valence-corrected chi connectivity index (χ0v) is 20.0. The van der Waals surface area contributed by atoms with Gasteiger partial charge < -0.3 is 45.1 Å². The van der Waals surface area contributed by atoms with Crippen LogP contribution in [0.4, 0.5) is 23.5 Å². The van der Waals surface area contributed by atoms with Crippen molar-refractivity contribution in [2.24, 2.45) is 11.5 Å². The number of amides is 1. The van der Waals surface area contributed by atoms with Crippen molar-refractivity contribution in [1.29, 1.82) is 0 Å². The number of imidazole rings is 1. The zero-order valence-electron chi connectivity index (χ0n) is 20.0. The fourth-order valence-electron chi connectivity index (χ4n) is 4.23. The Morgan fingerprint density at radius 3 is 2.82 bits per heavy atom. The van der Waals surface area contributed by atoms with Crippen molar-refractivity contribution in [3.8, 4) is 11.3 Å². The average Bonchev–Trinajstić information content (AvgIpc) is 3.67. The van der Waals surface area contributed by atoms with Gasteiger partial charge in [0, 0.05) is 44.6 Å². The molecule has 0 aliphatic carbocycles. The summed E-state index contributed by atoms with van der Waals surface area (Å²) < 4.78 is 24.0. The number of hydrogen-bond acceptors (Lipinski definition) is 13. The number of carbonyl (C=O) groups is 1. The summed E-state index contributed by atoms with van der Waals surface area (Å²) in [7, 11) is 0. The Hall–Kier alpha value is -4.89. The molecule has 38 heavy (non-hydrogen) atoms. The normalized spacial score (nSPS) is 13.9. The van der Waals surface area contributed by atoms with Crippen molar-refractivity contribution in [2.45, 2.75) is 0 Å². The Labute approximate surface area is 213 Å². The Balaban J connectivity index is 1.36. The first-order valence-electron chi connectivity index (χ1n) is 11.8. The van der Waals surface area contributed by atoms with Crippen molar-refractivity contribution in [3.63, 3.8) is 0 Å². The molecule has 0 saturated carbocycles. The maximum atomic E-state index is 12.7. The number of fused-ring (bicyclic) bond motifs is 2. The molecule has 6 rings (SSSR count). The molecule has 1 aliphatic heterocycles. The van der Waals surface area contributed by atoms with E-state index in [9.17, 15) is 9.59 Å². The molecule has 1 saturated heterocycles. The van der Waals surface area contributed by atoms with E-state index in [-0.39, 0.29) is 39.6 Å². The molecule has 6 N–H and O–H groups in total. The number of carbonyl (C=O) groups excluding carboxylic acids is 1. The van der Waals surface area contributed by atoms with Crippen LogP contribution >= 0.6 is 0 Å².